The Morgan fingerprint density at radius 1 is 1.11 bits per heavy atom. The lowest BCUT2D eigenvalue weighted by Crippen LogP contribution is -2.40. The largest absolute Gasteiger partial charge is 0.355 e. The Morgan fingerprint density at radius 2 is 1.79 bits per heavy atom. The second-order valence-electron chi connectivity index (χ2n) is 6.88. The van der Waals surface area contributed by atoms with Gasteiger partial charge >= 0.3 is 0 Å². The highest BCUT2D eigenvalue weighted by Crippen LogP contribution is 2.22. The van der Waals surface area contributed by atoms with E-state index in [1.807, 2.05) is 24.3 Å². The van der Waals surface area contributed by atoms with Crippen molar-refractivity contribution >= 4 is 40.9 Å². The van der Waals surface area contributed by atoms with E-state index in [-0.39, 0.29) is 17.6 Å². The molecule has 1 aliphatic heterocycles. The van der Waals surface area contributed by atoms with E-state index in [2.05, 4.69) is 10.2 Å². The zero-order chi connectivity index (χ0) is 19.9. The number of carbonyl (C=O) groups is 1. The van der Waals surface area contributed by atoms with Gasteiger partial charge in [0.15, 0.2) is 0 Å². The molecular formula is C21H23Cl2FN2OS. The monoisotopic (exact) mass is 440 g/mol. The first-order valence-corrected chi connectivity index (χ1v) is 11.1. The first kappa shape index (κ1) is 21.4. The maximum absolute atomic E-state index is 13.9. The van der Waals surface area contributed by atoms with Crippen LogP contribution in [0.5, 0.6) is 0 Å². The number of hydrogen-bond donors (Lipinski definition) is 1. The minimum Gasteiger partial charge on any atom is -0.355 e. The van der Waals surface area contributed by atoms with Crippen LogP contribution in [0.15, 0.2) is 47.4 Å². The van der Waals surface area contributed by atoms with Crippen LogP contribution in [-0.2, 0) is 11.3 Å². The molecule has 1 heterocycles. The average Bonchev–Trinajstić information content (AvgIpc) is 2.69. The summed E-state index contributed by atoms with van der Waals surface area (Å²) in [6.45, 7) is 2.77. The number of rotatable bonds is 7. The fourth-order valence-corrected chi connectivity index (χ4v) is 4.32. The fourth-order valence-electron chi connectivity index (χ4n) is 3.26. The Kier molecular flexibility index (Phi) is 8.03. The summed E-state index contributed by atoms with van der Waals surface area (Å²) < 4.78 is 13.9. The van der Waals surface area contributed by atoms with Gasteiger partial charge in [-0.1, -0.05) is 29.3 Å². The summed E-state index contributed by atoms with van der Waals surface area (Å²) in [5, 5.41) is 4.17. The Labute approximate surface area is 179 Å². The van der Waals surface area contributed by atoms with Gasteiger partial charge in [-0.25, -0.2) is 4.39 Å². The number of hydrogen-bond acceptors (Lipinski definition) is 3. The second kappa shape index (κ2) is 10.5. The molecule has 0 aromatic heterocycles. The standard InChI is InChI=1S/C21H23Cl2FN2OS/c22-17-3-5-19(6-4-17)28-12-9-25-21(27)15-7-10-26(11-8-15)14-16-1-2-18(23)13-20(16)24/h1-6,13,15H,7-12,14H2,(H,25,27). The van der Waals surface area contributed by atoms with Crippen LogP contribution < -0.4 is 5.32 Å². The van der Waals surface area contributed by atoms with Gasteiger partial charge in [0.25, 0.3) is 0 Å². The van der Waals surface area contributed by atoms with E-state index < -0.39 is 0 Å². The molecule has 1 aliphatic rings. The summed E-state index contributed by atoms with van der Waals surface area (Å²) in [6, 6.07) is 12.5. The summed E-state index contributed by atoms with van der Waals surface area (Å²) in [5.74, 6) is 0.702. The first-order valence-electron chi connectivity index (χ1n) is 9.33. The highest BCUT2D eigenvalue weighted by molar-refractivity contribution is 7.99. The van der Waals surface area contributed by atoms with Crippen LogP contribution in [0, 0.1) is 11.7 Å². The van der Waals surface area contributed by atoms with Gasteiger partial charge in [-0.05, 0) is 62.3 Å². The third-order valence-corrected chi connectivity index (χ3v) is 6.35. The maximum Gasteiger partial charge on any atom is 0.223 e. The molecule has 2 aromatic carbocycles. The minimum atomic E-state index is -0.273. The lowest BCUT2D eigenvalue weighted by atomic mass is 9.95. The van der Waals surface area contributed by atoms with Crippen LogP contribution in [0.1, 0.15) is 18.4 Å². The normalized spacial score (nSPS) is 15.5. The Morgan fingerprint density at radius 3 is 2.46 bits per heavy atom. The number of benzene rings is 2. The number of halogens is 3. The molecule has 0 aliphatic carbocycles. The highest BCUT2D eigenvalue weighted by atomic mass is 35.5. The molecule has 1 saturated heterocycles. The molecule has 3 rings (SSSR count). The minimum absolute atomic E-state index is 0.0341. The van der Waals surface area contributed by atoms with Crippen molar-refractivity contribution in [1.29, 1.82) is 0 Å². The SMILES string of the molecule is O=C(NCCSc1ccc(Cl)cc1)C1CCN(Cc2ccc(Cl)cc2F)CC1. The fraction of sp³-hybridized carbons (Fsp3) is 0.381. The molecule has 1 amide bonds. The summed E-state index contributed by atoms with van der Waals surface area (Å²) >= 11 is 13.4. The summed E-state index contributed by atoms with van der Waals surface area (Å²) in [7, 11) is 0. The number of nitrogens with zero attached hydrogens (tertiary/aromatic N) is 1. The van der Waals surface area contributed by atoms with Crippen molar-refractivity contribution in [2.45, 2.75) is 24.3 Å². The molecular weight excluding hydrogens is 418 g/mol. The number of nitrogens with one attached hydrogen (secondary N) is 1. The molecule has 0 spiro atoms. The summed E-state index contributed by atoms with van der Waals surface area (Å²) in [4.78, 5) is 15.7. The predicted octanol–water partition coefficient (Wildman–Crippen LogP) is 5.25. The second-order valence-corrected chi connectivity index (χ2v) is 8.92. The Balaban J connectivity index is 1.36. The van der Waals surface area contributed by atoms with Crippen LogP contribution >= 0.6 is 35.0 Å². The molecule has 0 saturated carbocycles. The van der Waals surface area contributed by atoms with Crippen molar-refractivity contribution in [3.63, 3.8) is 0 Å². The van der Waals surface area contributed by atoms with Crippen molar-refractivity contribution in [3.8, 4) is 0 Å². The molecule has 2 aromatic rings. The number of carbonyl (C=O) groups excluding carboxylic acids is 1. The van der Waals surface area contributed by atoms with Gasteiger partial charge < -0.3 is 5.32 Å². The third kappa shape index (κ3) is 6.38. The molecule has 0 atom stereocenters. The van der Waals surface area contributed by atoms with Gasteiger partial charge in [-0.2, -0.15) is 0 Å². The number of piperidine rings is 1. The molecule has 28 heavy (non-hydrogen) atoms. The van der Waals surface area contributed by atoms with Crippen LogP contribution in [0.25, 0.3) is 0 Å². The van der Waals surface area contributed by atoms with E-state index in [0.29, 0.717) is 23.7 Å². The quantitative estimate of drug-likeness (QED) is 0.471. The molecule has 0 radical (unpaired) electrons. The molecule has 1 fully saturated rings. The third-order valence-electron chi connectivity index (χ3n) is 4.85. The molecule has 3 nitrogen and oxygen atoms in total. The average molecular weight is 441 g/mol. The molecule has 150 valence electrons. The van der Waals surface area contributed by atoms with Crippen LogP contribution in [0.3, 0.4) is 0 Å². The van der Waals surface area contributed by atoms with Gasteiger partial charge in [0.2, 0.25) is 5.91 Å². The van der Waals surface area contributed by atoms with Gasteiger partial charge in [-0.3, -0.25) is 9.69 Å². The smallest absolute Gasteiger partial charge is 0.223 e. The van der Waals surface area contributed by atoms with E-state index >= 15 is 0 Å². The van der Waals surface area contributed by atoms with Crippen LogP contribution in [-0.4, -0.2) is 36.2 Å². The van der Waals surface area contributed by atoms with Gasteiger partial charge in [0, 0.05) is 45.3 Å². The zero-order valence-corrected chi connectivity index (χ0v) is 17.8. The van der Waals surface area contributed by atoms with Crippen LogP contribution in [0.2, 0.25) is 10.0 Å². The molecule has 7 heteroatoms. The lowest BCUT2D eigenvalue weighted by Gasteiger charge is -2.31. The predicted molar refractivity (Wildman–Crippen MR) is 115 cm³/mol. The van der Waals surface area contributed by atoms with Gasteiger partial charge in [0.1, 0.15) is 5.82 Å². The van der Waals surface area contributed by atoms with Crippen molar-refractivity contribution in [2.24, 2.45) is 5.92 Å². The number of amides is 1. The van der Waals surface area contributed by atoms with E-state index in [1.165, 1.54) is 6.07 Å². The van der Waals surface area contributed by atoms with E-state index in [0.717, 1.165) is 41.6 Å². The molecule has 1 N–H and O–H groups in total. The summed E-state index contributed by atoms with van der Waals surface area (Å²) in [5.41, 5.74) is 0.645. The van der Waals surface area contributed by atoms with Gasteiger partial charge in [0.05, 0.1) is 0 Å². The number of thioether (sulfide) groups is 1. The number of likely N-dealkylation sites (tertiary alicyclic amines) is 1. The maximum atomic E-state index is 13.9. The van der Waals surface area contributed by atoms with E-state index in [9.17, 15) is 9.18 Å². The van der Waals surface area contributed by atoms with Crippen molar-refractivity contribution < 1.29 is 9.18 Å². The molecule has 0 bridgehead atoms. The van der Waals surface area contributed by atoms with Crippen molar-refractivity contribution in [2.75, 3.05) is 25.4 Å². The van der Waals surface area contributed by atoms with Crippen molar-refractivity contribution in [1.82, 2.24) is 10.2 Å². The molecule has 0 unspecified atom stereocenters. The summed E-state index contributed by atoms with van der Waals surface area (Å²) in [6.07, 6.45) is 1.59. The topological polar surface area (TPSA) is 32.3 Å². The first-order chi connectivity index (χ1) is 13.5. The lowest BCUT2D eigenvalue weighted by molar-refractivity contribution is -0.126. The zero-order valence-electron chi connectivity index (χ0n) is 15.5. The Bertz CT molecular complexity index is 795. The van der Waals surface area contributed by atoms with Gasteiger partial charge in [-0.15, -0.1) is 11.8 Å². The highest BCUT2D eigenvalue weighted by Gasteiger charge is 2.25. The van der Waals surface area contributed by atoms with Crippen LogP contribution in [0.4, 0.5) is 4.39 Å². The van der Waals surface area contributed by atoms with Crippen molar-refractivity contribution in [3.05, 3.63) is 63.9 Å². The Hall–Kier alpha value is -1.27. The van der Waals surface area contributed by atoms with E-state index in [4.69, 9.17) is 23.2 Å². The van der Waals surface area contributed by atoms with E-state index in [1.54, 1.807) is 23.9 Å².